The third-order valence-electron chi connectivity index (χ3n) is 3.96. The average molecular weight is 292 g/mol. The van der Waals surface area contributed by atoms with Crippen LogP contribution in [0.15, 0.2) is 12.3 Å². The Kier molecular flexibility index (Phi) is 4.88. The predicted octanol–water partition coefficient (Wildman–Crippen LogP) is 2.45. The Balaban J connectivity index is 1.91. The minimum absolute atomic E-state index is 0.0869. The van der Waals surface area contributed by atoms with Crippen LogP contribution in [0.5, 0.6) is 0 Å². The molecule has 0 saturated heterocycles. The molecule has 6 heteroatoms. The zero-order valence-corrected chi connectivity index (χ0v) is 12.9. The first kappa shape index (κ1) is 15.4. The van der Waals surface area contributed by atoms with Gasteiger partial charge in [0.2, 0.25) is 0 Å². The van der Waals surface area contributed by atoms with Gasteiger partial charge in [-0.05, 0) is 38.2 Å². The number of nitrogens with zero attached hydrogens (tertiary/aromatic N) is 2. The van der Waals surface area contributed by atoms with Gasteiger partial charge in [0.05, 0.1) is 0 Å². The summed E-state index contributed by atoms with van der Waals surface area (Å²) in [6.07, 6.45) is 4.61. The summed E-state index contributed by atoms with van der Waals surface area (Å²) in [5.74, 6) is 0.888. The monoisotopic (exact) mass is 292 g/mol. The molecule has 0 aliphatic heterocycles. The van der Waals surface area contributed by atoms with Crippen LogP contribution in [0.1, 0.15) is 31.2 Å². The van der Waals surface area contributed by atoms with Gasteiger partial charge in [-0.1, -0.05) is 0 Å². The molecular formula is C15H24N4O2. The van der Waals surface area contributed by atoms with Crippen LogP contribution in [0.25, 0.3) is 0 Å². The first-order valence-electron chi connectivity index (χ1n) is 7.35. The van der Waals surface area contributed by atoms with Gasteiger partial charge in [-0.25, -0.2) is 9.78 Å². The number of carboxylic acid groups (broad SMARTS) is 1. The van der Waals surface area contributed by atoms with E-state index in [1.54, 1.807) is 0 Å². The van der Waals surface area contributed by atoms with Crippen LogP contribution in [-0.4, -0.2) is 42.4 Å². The van der Waals surface area contributed by atoms with Crippen molar-refractivity contribution < 1.29 is 9.90 Å². The highest BCUT2D eigenvalue weighted by atomic mass is 16.4. The Morgan fingerprint density at radius 2 is 1.90 bits per heavy atom. The number of aryl methyl sites for hydroxylation is 1. The largest absolute Gasteiger partial charge is 0.465 e. The molecule has 1 amide bonds. The summed E-state index contributed by atoms with van der Waals surface area (Å²) in [5.41, 5.74) is 2.31. The molecule has 1 saturated carbocycles. The lowest BCUT2D eigenvalue weighted by Crippen LogP contribution is -2.39. The zero-order chi connectivity index (χ0) is 15.4. The maximum atomic E-state index is 10.6. The fourth-order valence-electron chi connectivity index (χ4n) is 2.84. The highest BCUT2D eigenvalue weighted by Crippen LogP contribution is 2.24. The van der Waals surface area contributed by atoms with Crippen LogP contribution >= 0.6 is 0 Å². The fourth-order valence-corrected chi connectivity index (χ4v) is 2.84. The van der Waals surface area contributed by atoms with Crippen molar-refractivity contribution in [2.45, 2.75) is 44.7 Å². The zero-order valence-electron chi connectivity index (χ0n) is 12.9. The minimum atomic E-state index is -0.928. The molecule has 0 radical (unpaired) electrons. The Labute approximate surface area is 125 Å². The van der Waals surface area contributed by atoms with E-state index in [0.29, 0.717) is 6.04 Å². The third kappa shape index (κ3) is 4.24. The number of hydrogen-bond donors (Lipinski definition) is 3. The summed E-state index contributed by atoms with van der Waals surface area (Å²) < 4.78 is 0. The second-order valence-electron chi connectivity index (χ2n) is 5.89. The lowest BCUT2D eigenvalue weighted by atomic mass is 9.91. The van der Waals surface area contributed by atoms with Crippen molar-refractivity contribution in [2.75, 3.05) is 24.3 Å². The van der Waals surface area contributed by atoms with Crippen molar-refractivity contribution in [3.8, 4) is 0 Å². The smallest absolute Gasteiger partial charge is 0.404 e. The van der Waals surface area contributed by atoms with E-state index in [2.05, 4.69) is 33.5 Å². The number of carbonyl (C=O) groups is 1. The molecule has 21 heavy (non-hydrogen) atoms. The summed E-state index contributed by atoms with van der Waals surface area (Å²) in [6.45, 7) is 2.05. The third-order valence-corrected chi connectivity index (χ3v) is 3.96. The maximum Gasteiger partial charge on any atom is 0.404 e. The molecular weight excluding hydrogens is 268 g/mol. The molecule has 0 aromatic carbocycles. The number of nitrogens with one attached hydrogen (secondary N) is 2. The molecule has 1 fully saturated rings. The van der Waals surface area contributed by atoms with E-state index in [1.165, 1.54) is 0 Å². The Morgan fingerprint density at radius 3 is 2.48 bits per heavy atom. The van der Waals surface area contributed by atoms with Crippen LogP contribution in [-0.2, 0) is 0 Å². The molecule has 1 aromatic rings. The van der Waals surface area contributed by atoms with E-state index < -0.39 is 6.09 Å². The Bertz CT molecular complexity index is 496. The van der Waals surface area contributed by atoms with Crippen molar-refractivity contribution in [1.82, 2.24) is 10.3 Å². The van der Waals surface area contributed by atoms with Crippen LogP contribution < -0.4 is 15.5 Å². The second-order valence-corrected chi connectivity index (χ2v) is 5.89. The van der Waals surface area contributed by atoms with Gasteiger partial charge in [-0.3, -0.25) is 0 Å². The Morgan fingerprint density at radius 1 is 1.29 bits per heavy atom. The van der Waals surface area contributed by atoms with Gasteiger partial charge in [-0.2, -0.15) is 0 Å². The molecule has 0 bridgehead atoms. The SMILES string of the molecule is Cc1cnc(NC2CCC(NC(=O)O)CC2)cc1N(C)C. The van der Waals surface area contributed by atoms with E-state index >= 15 is 0 Å². The highest BCUT2D eigenvalue weighted by Gasteiger charge is 2.22. The van der Waals surface area contributed by atoms with Crippen LogP contribution in [0, 0.1) is 6.92 Å². The van der Waals surface area contributed by atoms with Crippen molar-refractivity contribution in [2.24, 2.45) is 0 Å². The summed E-state index contributed by atoms with van der Waals surface area (Å²) in [7, 11) is 4.05. The quantitative estimate of drug-likeness (QED) is 0.794. The van der Waals surface area contributed by atoms with Gasteiger partial charge >= 0.3 is 6.09 Å². The standard InChI is InChI=1S/C15H24N4O2/c1-10-9-16-14(8-13(10)19(2)3)17-11-4-6-12(7-5-11)18-15(20)21/h8-9,11-12,18H,4-7H2,1-3H3,(H,16,17)(H,20,21). The second kappa shape index (κ2) is 6.65. The van der Waals surface area contributed by atoms with Crippen molar-refractivity contribution in [3.05, 3.63) is 17.8 Å². The van der Waals surface area contributed by atoms with E-state index in [4.69, 9.17) is 5.11 Å². The molecule has 116 valence electrons. The molecule has 0 atom stereocenters. The number of hydrogen-bond acceptors (Lipinski definition) is 4. The van der Waals surface area contributed by atoms with Gasteiger partial charge in [0.25, 0.3) is 0 Å². The van der Waals surface area contributed by atoms with E-state index in [-0.39, 0.29) is 6.04 Å². The van der Waals surface area contributed by atoms with Crippen LogP contribution in [0.2, 0.25) is 0 Å². The van der Waals surface area contributed by atoms with Crippen LogP contribution in [0.4, 0.5) is 16.3 Å². The van der Waals surface area contributed by atoms with Gasteiger partial charge in [-0.15, -0.1) is 0 Å². The lowest BCUT2D eigenvalue weighted by molar-refractivity contribution is 0.185. The van der Waals surface area contributed by atoms with Gasteiger partial charge in [0.15, 0.2) is 0 Å². The molecule has 1 aliphatic carbocycles. The number of anilines is 2. The van der Waals surface area contributed by atoms with E-state index in [9.17, 15) is 4.79 Å². The minimum Gasteiger partial charge on any atom is -0.465 e. The molecule has 3 N–H and O–H groups in total. The predicted molar refractivity (Wildman–Crippen MR) is 84.1 cm³/mol. The molecule has 6 nitrogen and oxygen atoms in total. The number of aromatic nitrogens is 1. The lowest BCUT2D eigenvalue weighted by Gasteiger charge is -2.29. The summed E-state index contributed by atoms with van der Waals surface area (Å²) in [4.78, 5) is 17.1. The molecule has 1 heterocycles. The fraction of sp³-hybridized carbons (Fsp3) is 0.600. The summed E-state index contributed by atoms with van der Waals surface area (Å²) in [6, 6.07) is 2.52. The van der Waals surface area contributed by atoms with Crippen molar-refractivity contribution >= 4 is 17.6 Å². The molecule has 1 aromatic heterocycles. The van der Waals surface area contributed by atoms with Gasteiger partial charge in [0, 0.05) is 44.1 Å². The topological polar surface area (TPSA) is 77.5 Å². The molecule has 1 aliphatic rings. The average Bonchev–Trinajstić information content (AvgIpc) is 2.42. The molecule has 2 rings (SSSR count). The molecule has 0 unspecified atom stereocenters. The van der Waals surface area contributed by atoms with Gasteiger partial charge in [0.1, 0.15) is 5.82 Å². The maximum absolute atomic E-state index is 10.6. The number of rotatable bonds is 4. The first-order valence-corrected chi connectivity index (χ1v) is 7.35. The molecule has 0 spiro atoms. The van der Waals surface area contributed by atoms with Gasteiger partial charge < -0.3 is 20.6 Å². The summed E-state index contributed by atoms with van der Waals surface area (Å²) in [5, 5.41) is 14.8. The highest BCUT2D eigenvalue weighted by molar-refractivity contribution is 5.64. The van der Waals surface area contributed by atoms with E-state index in [0.717, 1.165) is 42.8 Å². The number of pyridine rings is 1. The summed E-state index contributed by atoms with van der Waals surface area (Å²) >= 11 is 0. The van der Waals surface area contributed by atoms with Crippen LogP contribution in [0.3, 0.4) is 0 Å². The van der Waals surface area contributed by atoms with Crippen molar-refractivity contribution in [3.63, 3.8) is 0 Å². The van der Waals surface area contributed by atoms with Crippen molar-refractivity contribution in [1.29, 1.82) is 0 Å². The van der Waals surface area contributed by atoms with E-state index in [1.807, 2.05) is 20.3 Å². The first-order chi connectivity index (χ1) is 9.95. The normalized spacial score (nSPS) is 21.7. The number of amides is 1. The Hall–Kier alpha value is -1.98.